The summed E-state index contributed by atoms with van der Waals surface area (Å²) in [5.74, 6) is 1.59. The monoisotopic (exact) mass is 609 g/mol. The maximum absolute atomic E-state index is 13.6. The van der Waals surface area contributed by atoms with E-state index in [4.69, 9.17) is 19.2 Å². The SMILES string of the molecule is COc1ccc(CN(C)c2cc(Nc3cccc(-c4ccc(C5OCCO5)cn4)c3)nc3c(C(=O)N[C@@H]4C[C@@H]4F)cnn23)cc1. The summed E-state index contributed by atoms with van der Waals surface area (Å²) in [6.45, 7) is 1.70. The third-order valence-corrected chi connectivity index (χ3v) is 7.81. The van der Waals surface area contributed by atoms with Crippen molar-refractivity contribution >= 4 is 28.9 Å². The number of hydrogen-bond donors (Lipinski definition) is 2. The molecule has 0 spiro atoms. The van der Waals surface area contributed by atoms with Gasteiger partial charge in [-0.25, -0.2) is 9.37 Å². The lowest BCUT2D eigenvalue weighted by atomic mass is 10.1. The van der Waals surface area contributed by atoms with Gasteiger partial charge in [0.1, 0.15) is 29.1 Å². The van der Waals surface area contributed by atoms with Gasteiger partial charge in [-0.1, -0.05) is 30.3 Å². The molecule has 0 radical (unpaired) electrons. The van der Waals surface area contributed by atoms with Crippen LogP contribution in [-0.2, 0) is 16.0 Å². The molecule has 0 bridgehead atoms. The quantitative estimate of drug-likeness (QED) is 0.224. The van der Waals surface area contributed by atoms with E-state index < -0.39 is 18.1 Å². The molecule has 2 N–H and O–H groups in total. The molecule has 230 valence electrons. The van der Waals surface area contributed by atoms with Crippen molar-refractivity contribution in [3.63, 3.8) is 0 Å². The molecule has 12 heteroatoms. The zero-order valence-corrected chi connectivity index (χ0v) is 24.8. The van der Waals surface area contributed by atoms with Crippen LogP contribution in [0.1, 0.15) is 34.2 Å². The van der Waals surface area contributed by atoms with E-state index in [2.05, 4.69) is 20.7 Å². The average Bonchev–Trinajstić information content (AvgIpc) is 3.42. The molecule has 2 aliphatic rings. The highest BCUT2D eigenvalue weighted by molar-refractivity contribution is 6.00. The van der Waals surface area contributed by atoms with Crippen molar-refractivity contribution in [2.24, 2.45) is 0 Å². The van der Waals surface area contributed by atoms with Crippen molar-refractivity contribution in [2.75, 3.05) is 37.6 Å². The van der Waals surface area contributed by atoms with Crippen LogP contribution in [0, 0.1) is 0 Å². The maximum Gasteiger partial charge on any atom is 0.257 e. The second kappa shape index (κ2) is 12.1. The standard InChI is InChI=1S/C33H32FN7O4/c1-40(19-20-6-9-24(43-2)10-7-20)30-16-29(39-31-25(18-36-41(30)31)32(42)38-28-15-26(28)34)37-23-5-3-4-21(14-23)27-11-8-22(17-35-27)33-44-12-13-45-33/h3-11,14,16-18,26,28,33H,12-13,15,19H2,1-2H3,(H,37,39)(H,38,42)/t26-,28+/m0/s1. The number of ether oxygens (including phenoxy) is 3. The predicted molar refractivity (Wildman–Crippen MR) is 166 cm³/mol. The number of nitrogens with zero attached hydrogens (tertiary/aromatic N) is 5. The summed E-state index contributed by atoms with van der Waals surface area (Å²) in [6.07, 6.45) is 2.16. The van der Waals surface area contributed by atoms with Crippen LogP contribution >= 0.6 is 0 Å². The van der Waals surface area contributed by atoms with Crippen LogP contribution in [0.25, 0.3) is 16.9 Å². The lowest BCUT2D eigenvalue weighted by Gasteiger charge is -2.21. The van der Waals surface area contributed by atoms with Gasteiger partial charge in [0.15, 0.2) is 11.9 Å². The van der Waals surface area contributed by atoms with E-state index >= 15 is 0 Å². The Hall–Kier alpha value is -5.07. The van der Waals surface area contributed by atoms with Gasteiger partial charge >= 0.3 is 0 Å². The van der Waals surface area contributed by atoms with Crippen molar-refractivity contribution in [1.29, 1.82) is 0 Å². The largest absolute Gasteiger partial charge is 0.497 e. The first-order valence-electron chi connectivity index (χ1n) is 14.7. The summed E-state index contributed by atoms with van der Waals surface area (Å²) in [4.78, 5) is 24.5. The van der Waals surface area contributed by atoms with Gasteiger partial charge in [0.2, 0.25) is 0 Å². The number of hydrogen-bond acceptors (Lipinski definition) is 9. The summed E-state index contributed by atoms with van der Waals surface area (Å²) in [6, 6.07) is 21.0. The van der Waals surface area contributed by atoms with Crippen LogP contribution in [-0.4, -0.2) is 65.1 Å². The maximum atomic E-state index is 13.6. The molecular weight excluding hydrogens is 577 g/mol. The average molecular weight is 610 g/mol. The van der Waals surface area contributed by atoms with Gasteiger partial charge in [-0.15, -0.1) is 0 Å². The van der Waals surface area contributed by atoms with Crippen LogP contribution in [0.5, 0.6) is 5.75 Å². The first-order chi connectivity index (χ1) is 21.9. The minimum Gasteiger partial charge on any atom is -0.497 e. The normalized spacial score (nSPS) is 17.8. The van der Waals surface area contributed by atoms with Crippen LogP contribution in [0.4, 0.5) is 21.7 Å². The second-order valence-electron chi connectivity index (χ2n) is 11.1. The Kier molecular flexibility index (Phi) is 7.74. The lowest BCUT2D eigenvalue weighted by Crippen LogP contribution is -2.27. The number of amides is 1. The highest BCUT2D eigenvalue weighted by Gasteiger charge is 2.39. The highest BCUT2D eigenvalue weighted by Crippen LogP contribution is 2.30. The molecule has 1 aliphatic heterocycles. The number of benzene rings is 2. The number of rotatable bonds is 10. The van der Waals surface area contributed by atoms with Crippen LogP contribution in [0.3, 0.4) is 0 Å². The summed E-state index contributed by atoms with van der Waals surface area (Å²) in [7, 11) is 3.58. The first-order valence-corrected chi connectivity index (χ1v) is 14.7. The van der Waals surface area contributed by atoms with E-state index in [0.29, 0.717) is 43.5 Å². The molecule has 7 rings (SSSR count). The smallest absolute Gasteiger partial charge is 0.257 e. The molecule has 1 saturated heterocycles. The number of carbonyl (C=O) groups is 1. The number of carbonyl (C=O) groups excluding carboxylic acids is 1. The molecular formula is C33H32FN7O4. The Balaban J connectivity index is 1.19. The fraction of sp³-hybridized carbons (Fsp3) is 0.273. The van der Waals surface area contributed by atoms with Gasteiger partial charge in [0.25, 0.3) is 5.91 Å². The fourth-order valence-corrected chi connectivity index (χ4v) is 5.26. The van der Waals surface area contributed by atoms with Gasteiger partial charge < -0.3 is 29.7 Å². The molecule has 11 nitrogen and oxygen atoms in total. The molecule has 45 heavy (non-hydrogen) atoms. The minimum atomic E-state index is -1.02. The van der Waals surface area contributed by atoms with E-state index in [1.807, 2.05) is 78.7 Å². The Morgan fingerprint density at radius 2 is 1.89 bits per heavy atom. The van der Waals surface area contributed by atoms with Crippen LogP contribution in [0.15, 0.2) is 79.1 Å². The Bertz CT molecular complexity index is 1820. The summed E-state index contributed by atoms with van der Waals surface area (Å²) in [5, 5.41) is 10.6. The van der Waals surface area contributed by atoms with E-state index in [0.717, 1.165) is 33.8 Å². The number of fused-ring (bicyclic) bond motifs is 1. The van der Waals surface area contributed by atoms with Gasteiger partial charge in [0.05, 0.1) is 38.3 Å². The molecule has 1 saturated carbocycles. The first kappa shape index (κ1) is 28.7. The lowest BCUT2D eigenvalue weighted by molar-refractivity contribution is -0.0443. The molecule has 0 unspecified atom stereocenters. The third-order valence-electron chi connectivity index (χ3n) is 7.81. The molecule has 1 amide bonds. The second-order valence-corrected chi connectivity index (χ2v) is 11.1. The zero-order valence-electron chi connectivity index (χ0n) is 24.8. The topological polar surface area (TPSA) is 115 Å². The van der Waals surface area contributed by atoms with Crippen molar-refractivity contribution in [3.05, 3.63) is 95.8 Å². The number of anilines is 3. The van der Waals surface area contributed by atoms with E-state index in [9.17, 15) is 9.18 Å². The third kappa shape index (κ3) is 6.15. The molecule has 4 heterocycles. The van der Waals surface area contributed by atoms with Crippen LogP contribution < -0.4 is 20.3 Å². The van der Waals surface area contributed by atoms with Gasteiger partial charge in [-0.3, -0.25) is 9.78 Å². The van der Waals surface area contributed by atoms with Crippen molar-refractivity contribution in [3.8, 4) is 17.0 Å². The number of pyridine rings is 1. The predicted octanol–water partition coefficient (Wildman–Crippen LogP) is 5.07. The van der Waals surface area contributed by atoms with Crippen molar-refractivity contribution in [1.82, 2.24) is 24.9 Å². The molecule has 2 atom stereocenters. The number of nitrogens with one attached hydrogen (secondary N) is 2. The van der Waals surface area contributed by atoms with Gasteiger partial charge in [-0.05, 0) is 35.9 Å². The summed E-state index contributed by atoms with van der Waals surface area (Å²) in [5.41, 5.74) is 5.05. The number of aromatic nitrogens is 4. The summed E-state index contributed by atoms with van der Waals surface area (Å²) >= 11 is 0. The van der Waals surface area contributed by atoms with E-state index in [1.165, 1.54) is 6.20 Å². The Morgan fingerprint density at radius 3 is 2.60 bits per heavy atom. The highest BCUT2D eigenvalue weighted by atomic mass is 19.1. The molecule has 3 aromatic heterocycles. The molecule has 2 fully saturated rings. The molecule has 5 aromatic rings. The van der Waals surface area contributed by atoms with Crippen molar-refractivity contribution < 1.29 is 23.4 Å². The van der Waals surface area contributed by atoms with Crippen molar-refractivity contribution in [2.45, 2.75) is 31.5 Å². The number of halogens is 1. The van der Waals surface area contributed by atoms with E-state index in [-0.39, 0.29) is 11.9 Å². The van der Waals surface area contributed by atoms with Gasteiger partial charge in [0, 0.05) is 49.1 Å². The van der Waals surface area contributed by atoms with E-state index in [1.54, 1.807) is 17.8 Å². The number of alkyl halides is 1. The Labute approximate surface area is 259 Å². The minimum absolute atomic E-state index is 0.269. The Morgan fingerprint density at radius 1 is 1.09 bits per heavy atom. The fourth-order valence-electron chi connectivity index (χ4n) is 5.26. The molecule has 2 aromatic carbocycles. The summed E-state index contributed by atoms with van der Waals surface area (Å²) < 4.78 is 31.7. The zero-order chi connectivity index (χ0) is 30.9. The van der Waals surface area contributed by atoms with Gasteiger partial charge in [-0.2, -0.15) is 9.61 Å². The molecule has 1 aliphatic carbocycles. The number of methoxy groups -OCH3 is 1. The van der Waals surface area contributed by atoms with Crippen LogP contribution in [0.2, 0.25) is 0 Å².